The van der Waals surface area contributed by atoms with Gasteiger partial charge in [0.25, 0.3) is 0 Å². The summed E-state index contributed by atoms with van der Waals surface area (Å²) in [6, 6.07) is 6.83. The number of benzene rings is 1. The van der Waals surface area contributed by atoms with Crippen molar-refractivity contribution in [3.8, 4) is 0 Å². The van der Waals surface area contributed by atoms with Crippen LogP contribution in [0.25, 0.3) is 0 Å². The molecule has 168 valence electrons. The molecule has 0 aromatic heterocycles. The third-order valence-electron chi connectivity index (χ3n) is 5.25. The number of halogens is 2. The topological polar surface area (TPSA) is 57.2 Å². The first-order chi connectivity index (χ1) is 14.2. The normalized spacial score (nSPS) is 18.1. The van der Waals surface area contributed by atoms with E-state index in [4.69, 9.17) is 9.73 Å². The van der Waals surface area contributed by atoms with Crippen molar-refractivity contribution in [2.45, 2.75) is 24.7 Å². The van der Waals surface area contributed by atoms with Crippen LogP contribution in [-0.4, -0.2) is 79.9 Å². The number of thioether (sulfide) groups is 1. The lowest BCUT2D eigenvalue weighted by atomic mass is 9.95. The molecule has 0 unspecified atom stereocenters. The molecule has 0 spiro atoms. The number of ether oxygens (including phenoxy) is 1. The minimum Gasteiger partial charge on any atom is -0.378 e. The summed E-state index contributed by atoms with van der Waals surface area (Å²) in [7, 11) is 0. The fourth-order valence-corrected chi connectivity index (χ4v) is 4.46. The van der Waals surface area contributed by atoms with Crippen LogP contribution in [0.4, 0.5) is 4.39 Å². The summed E-state index contributed by atoms with van der Waals surface area (Å²) in [4.78, 5) is 22.3. The second kappa shape index (κ2) is 13.4. The fourth-order valence-electron chi connectivity index (χ4n) is 3.67. The molecule has 2 aliphatic rings. The fraction of sp³-hybridized carbons (Fsp3) is 0.619. The first kappa shape index (κ1) is 25.2. The van der Waals surface area contributed by atoms with Gasteiger partial charge in [-0.15, -0.1) is 35.7 Å². The molecule has 0 bridgehead atoms. The lowest BCUT2D eigenvalue weighted by Crippen LogP contribution is -2.50. The molecular weight excluding hydrogens is 518 g/mol. The molecule has 30 heavy (non-hydrogen) atoms. The van der Waals surface area contributed by atoms with E-state index in [1.165, 1.54) is 17.8 Å². The maximum atomic E-state index is 13.7. The number of nitrogens with one attached hydrogen (secondary N) is 1. The Balaban J connectivity index is 0.00000320. The summed E-state index contributed by atoms with van der Waals surface area (Å²) in [5.41, 5.74) is 0. The van der Waals surface area contributed by atoms with E-state index >= 15 is 0 Å². The lowest BCUT2D eigenvalue weighted by molar-refractivity contribution is -0.140. The van der Waals surface area contributed by atoms with Crippen molar-refractivity contribution < 1.29 is 13.9 Å². The van der Waals surface area contributed by atoms with Gasteiger partial charge < -0.3 is 19.9 Å². The van der Waals surface area contributed by atoms with E-state index in [0.29, 0.717) is 37.7 Å². The minimum atomic E-state index is -0.180. The Morgan fingerprint density at radius 2 is 1.90 bits per heavy atom. The molecule has 0 atom stereocenters. The van der Waals surface area contributed by atoms with Crippen LogP contribution in [0, 0.1) is 11.7 Å². The molecule has 1 aromatic rings. The summed E-state index contributed by atoms with van der Waals surface area (Å²) in [6.45, 7) is 7.84. The molecule has 1 amide bonds. The summed E-state index contributed by atoms with van der Waals surface area (Å²) in [5, 5.41) is 3.35. The predicted octanol–water partition coefficient (Wildman–Crippen LogP) is 3.07. The molecule has 2 heterocycles. The van der Waals surface area contributed by atoms with Gasteiger partial charge in [-0.3, -0.25) is 9.79 Å². The van der Waals surface area contributed by atoms with Crippen LogP contribution in [0.5, 0.6) is 0 Å². The van der Waals surface area contributed by atoms with Gasteiger partial charge in [-0.25, -0.2) is 4.39 Å². The summed E-state index contributed by atoms with van der Waals surface area (Å²) in [5.74, 6) is 1.81. The molecule has 2 saturated heterocycles. The number of morpholine rings is 1. The van der Waals surface area contributed by atoms with E-state index < -0.39 is 0 Å². The third-order valence-corrected chi connectivity index (χ3v) is 6.28. The first-order valence-corrected chi connectivity index (χ1v) is 11.4. The SMILES string of the molecule is CCNC(=NCCSc1ccccc1F)N1CCC(C(=O)N2CCOCC2)CC1.I. The van der Waals surface area contributed by atoms with Gasteiger partial charge in [-0.1, -0.05) is 12.1 Å². The second-order valence-electron chi connectivity index (χ2n) is 7.21. The third kappa shape index (κ3) is 7.26. The van der Waals surface area contributed by atoms with Crippen molar-refractivity contribution in [2.75, 3.05) is 58.2 Å². The van der Waals surface area contributed by atoms with Crippen LogP contribution < -0.4 is 5.32 Å². The number of carbonyl (C=O) groups is 1. The molecule has 1 N–H and O–H groups in total. The molecule has 9 heteroatoms. The number of nitrogens with zero attached hydrogens (tertiary/aromatic N) is 3. The van der Waals surface area contributed by atoms with Crippen LogP contribution in [0.15, 0.2) is 34.2 Å². The summed E-state index contributed by atoms with van der Waals surface area (Å²) >= 11 is 1.49. The maximum Gasteiger partial charge on any atom is 0.225 e. The standard InChI is InChI=1S/C21H31FN4O2S.HI/c1-2-23-21(24-9-16-29-19-6-4-3-5-18(19)22)26-10-7-17(8-11-26)20(27)25-12-14-28-15-13-25;/h3-6,17H,2,7-16H2,1H3,(H,23,24);1H. The number of likely N-dealkylation sites (tertiary alicyclic amines) is 1. The number of hydrogen-bond acceptors (Lipinski definition) is 4. The molecule has 0 saturated carbocycles. The molecule has 3 rings (SSSR count). The largest absolute Gasteiger partial charge is 0.378 e. The van der Waals surface area contributed by atoms with Crippen molar-refractivity contribution >= 4 is 47.6 Å². The van der Waals surface area contributed by atoms with Gasteiger partial charge in [-0.05, 0) is 31.9 Å². The lowest BCUT2D eigenvalue weighted by Gasteiger charge is -2.36. The van der Waals surface area contributed by atoms with Crippen LogP contribution in [0.3, 0.4) is 0 Å². The van der Waals surface area contributed by atoms with Crippen molar-refractivity contribution in [1.82, 2.24) is 15.1 Å². The van der Waals surface area contributed by atoms with Crippen molar-refractivity contribution in [1.29, 1.82) is 0 Å². The van der Waals surface area contributed by atoms with Crippen LogP contribution in [-0.2, 0) is 9.53 Å². The van der Waals surface area contributed by atoms with E-state index in [1.807, 2.05) is 11.0 Å². The number of piperidine rings is 1. The zero-order valence-corrected chi connectivity index (χ0v) is 20.7. The van der Waals surface area contributed by atoms with Crippen LogP contribution in [0.2, 0.25) is 0 Å². The summed E-state index contributed by atoms with van der Waals surface area (Å²) in [6.07, 6.45) is 1.70. The number of rotatable bonds is 6. The number of aliphatic imine (C=N–C) groups is 1. The number of carbonyl (C=O) groups excluding carboxylic acids is 1. The summed E-state index contributed by atoms with van der Waals surface area (Å²) < 4.78 is 19.1. The Bertz CT molecular complexity index is 695. The highest BCUT2D eigenvalue weighted by Crippen LogP contribution is 2.22. The van der Waals surface area contributed by atoms with Gasteiger partial charge in [0.15, 0.2) is 5.96 Å². The molecule has 2 fully saturated rings. The molecule has 0 aliphatic carbocycles. The molecular formula is C21H32FIN4O2S. The van der Waals surface area contributed by atoms with Gasteiger partial charge in [0, 0.05) is 49.3 Å². The van der Waals surface area contributed by atoms with Crippen molar-refractivity contribution in [3.63, 3.8) is 0 Å². The van der Waals surface area contributed by atoms with Gasteiger partial charge in [0.2, 0.25) is 5.91 Å². The number of amides is 1. The highest BCUT2D eigenvalue weighted by molar-refractivity contribution is 14.0. The van der Waals surface area contributed by atoms with E-state index in [-0.39, 0.29) is 41.6 Å². The Hall–Kier alpha value is -1.07. The van der Waals surface area contributed by atoms with E-state index in [2.05, 4.69) is 17.1 Å². The quantitative estimate of drug-likeness (QED) is 0.194. The van der Waals surface area contributed by atoms with Crippen LogP contribution in [0.1, 0.15) is 19.8 Å². The van der Waals surface area contributed by atoms with Crippen molar-refractivity contribution in [3.05, 3.63) is 30.1 Å². The number of hydrogen-bond donors (Lipinski definition) is 1. The Morgan fingerprint density at radius 3 is 2.57 bits per heavy atom. The van der Waals surface area contributed by atoms with Gasteiger partial charge >= 0.3 is 0 Å². The first-order valence-electron chi connectivity index (χ1n) is 10.5. The Kier molecular flexibility index (Phi) is 11.2. The van der Waals surface area contributed by atoms with Gasteiger partial charge in [0.1, 0.15) is 5.82 Å². The van der Waals surface area contributed by atoms with Gasteiger partial charge in [0.05, 0.1) is 19.8 Å². The van der Waals surface area contributed by atoms with E-state index in [9.17, 15) is 9.18 Å². The zero-order chi connectivity index (χ0) is 20.5. The maximum absolute atomic E-state index is 13.7. The smallest absolute Gasteiger partial charge is 0.225 e. The average Bonchev–Trinajstić information content (AvgIpc) is 2.77. The average molecular weight is 550 g/mol. The minimum absolute atomic E-state index is 0. The highest BCUT2D eigenvalue weighted by Gasteiger charge is 2.30. The predicted molar refractivity (Wildman–Crippen MR) is 130 cm³/mol. The molecule has 0 radical (unpaired) electrons. The van der Waals surface area contributed by atoms with E-state index in [0.717, 1.165) is 44.2 Å². The molecule has 2 aliphatic heterocycles. The molecule has 1 aromatic carbocycles. The number of guanidine groups is 1. The Labute approximate surface area is 200 Å². The van der Waals surface area contributed by atoms with E-state index in [1.54, 1.807) is 12.1 Å². The Morgan fingerprint density at radius 1 is 1.20 bits per heavy atom. The van der Waals surface area contributed by atoms with Crippen molar-refractivity contribution in [2.24, 2.45) is 10.9 Å². The zero-order valence-electron chi connectivity index (χ0n) is 17.5. The monoisotopic (exact) mass is 550 g/mol. The molecule has 6 nitrogen and oxygen atoms in total. The van der Waals surface area contributed by atoms with Crippen LogP contribution >= 0.6 is 35.7 Å². The second-order valence-corrected chi connectivity index (χ2v) is 8.35. The van der Waals surface area contributed by atoms with Gasteiger partial charge in [-0.2, -0.15) is 0 Å². The highest BCUT2D eigenvalue weighted by atomic mass is 127.